The summed E-state index contributed by atoms with van der Waals surface area (Å²) in [5.74, 6) is -0.00309. The van der Waals surface area contributed by atoms with Gasteiger partial charge in [0.05, 0.1) is 17.1 Å². The Morgan fingerprint density at radius 3 is 2.44 bits per heavy atom. The fraction of sp³-hybridized carbons (Fsp3) is 0.630. The summed E-state index contributed by atoms with van der Waals surface area (Å²) in [5, 5.41) is 3.92. The Labute approximate surface area is 217 Å². The Morgan fingerprint density at radius 1 is 1.08 bits per heavy atom. The molecule has 1 saturated carbocycles. The molecule has 1 saturated heterocycles. The van der Waals surface area contributed by atoms with Crippen LogP contribution in [-0.4, -0.2) is 83.0 Å². The summed E-state index contributed by atoms with van der Waals surface area (Å²) < 4.78 is 13.3. The van der Waals surface area contributed by atoms with E-state index < -0.39 is 12.1 Å². The Hall–Kier alpha value is -2.26. The molecule has 1 aromatic carbocycles. The smallest absolute Gasteiger partial charge is 0.246 e. The molecular weight excluding hydrogens is 479 g/mol. The second-order valence-electron chi connectivity index (χ2n) is 10.4. The molecule has 2 aliphatic heterocycles. The average molecular weight is 517 g/mol. The van der Waals surface area contributed by atoms with Crippen LogP contribution in [0.5, 0.6) is 0 Å². The number of carbonyl (C=O) groups is 3. The molecule has 4 atom stereocenters. The van der Waals surface area contributed by atoms with Gasteiger partial charge in [0.15, 0.2) is 5.78 Å². The van der Waals surface area contributed by atoms with Crippen LogP contribution in [0.15, 0.2) is 29.3 Å². The zero-order valence-corrected chi connectivity index (χ0v) is 22.2. The van der Waals surface area contributed by atoms with E-state index in [1.165, 1.54) is 42.4 Å². The molecule has 36 heavy (non-hydrogen) atoms. The van der Waals surface area contributed by atoms with E-state index in [0.717, 1.165) is 43.6 Å². The number of halogens is 1. The third kappa shape index (κ3) is 5.99. The molecule has 3 unspecified atom stereocenters. The number of nitrogens with one attached hydrogen (secondary N) is 1. The minimum absolute atomic E-state index is 0.0275. The van der Waals surface area contributed by atoms with Gasteiger partial charge < -0.3 is 10.2 Å². The van der Waals surface area contributed by atoms with Crippen molar-refractivity contribution in [1.82, 2.24) is 15.1 Å². The molecule has 1 N–H and O–H groups in total. The van der Waals surface area contributed by atoms with Crippen molar-refractivity contribution < 1.29 is 18.8 Å². The average Bonchev–Trinajstić information content (AvgIpc) is 3.56. The van der Waals surface area contributed by atoms with Crippen molar-refractivity contribution in [1.29, 1.82) is 0 Å². The number of nitrogens with zero attached hydrogens (tertiary/aromatic N) is 3. The summed E-state index contributed by atoms with van der Waals surface area (Å²) in [6.45, 7) is 2.47. The molecule has 2 fully saturated rings. The quantitative estimate of drug-likeness (QED) is 0.535. The van der Waals surface area contributed by atoms with Gasteiger partial charge in [-0.05, 0) is 76.9 Å². The highest BCUT2D eigenvalue weighted by Crippen LogP contribution is 2.33. The van der Waals surface area contributed by atoms with Crippen molar-refractivity contribution in [2.45, 2.75) is 76.0 Å². The normalized spacial score (nSPS) is 24.5. The van der Waals surface area contributed by atoms with Crippen LogP contribution in [0.25, 0.3) is 0 Å². The van der Waals surface area contributed by atoms with Crippen LogP contribution < -0.4 is 5.32 Å². The number of hydrogen-bond acceptors (Lipinski definition) is 6. The molecule has 1 aliphatic carbocycles. The standard InChI is InChI=1S/C27H37FN4O3S/c1-17(31(2)3)25(34)30-23(18-8-5-4-6-9-18)27(35)32-15-7-10-22(32)26-29-21(16-36-26)24(33)19-11-13-20(28)14-12-19/h11-14,17-18,21-23H,4-10,15-16H2,1-3H3,(H,30,34)/t17?,21?,22-,23?/m1/s1. The van der Waals surface area contributed by atoms with Crippen LogP contribution in [0.1, 0.15) is 62.2 Å². The third-order valence-electron chi connectivity index (χ3n) is 7.76. The number of likely N-dealkylation sites (tertiary alicyclic amines) is 1. The van der Waals surface area contributed by atoms with Gasteiger partial charge in [0.2, 0.25) is 11.8 Å². The van der Waals surface area contributed by atoms with Crippen molar-refractivity contribution in [3.8, 4) is 0 Å². The molecule has 9 heteroatoms. The van der Waals surface area contributed by atoms with E-state index in [-0.39, 0.29) is 41.4 Å². The molecule has 0 aromatic heterocycles. The minimum atomic E-state index is -0.538. The van der Waals surface area contributed by atoms with Crippen molar-refractivity contribution in [3.63, 3.8) is 0 Å². The number of thioether (sulfide) groups is 1. The molecule has 7 nitrogen and oxygen atoms in total. The van der Waals surface area contributed by atoms with Gasteiger partial charge in [0.1, 0.15) is 17.9 Å². The van der Waals surface area contributed by atoms with Gasteiger partial charge in [-0.3, -0.25) is 24.3 Å². The zero-order valence-electron chi connectivity index (χ0n) is 21.4. The molecular formula is C27H37FN4O3S. The maximum atomic E-state index is 13.9. The predicted molar refractivity (Wildman–Crippen MR) is 141 cm³/mol. The molecule has 2 heterocycles. The lowest BCUT2D eigenvalue weighted by atomic mass is 9.83. The van der Waals surface area contributed by atoms with Gasteiger partial charge in [-0.1, -0.05) is 19.3 Å². The van der Waals surface area contributed by atoms with Crippen LogP contribution in [0, 0.1) is 11.7 Å². The molecule has 0 bridgehead atoms. The maximum absolute atomic E-state index is 13.9. The number of rotatable bonds is 8. The van der Waals surface area contributed by atoms with Crippen molar-refractivity contribution in [2.75, 3.05) is 26.4 Å². The summed E-state index contributed by atoms with van der Waals surface area (Å²) in [7, 11) is 3.72. The summed E-state index contributed by atoms with van der Waals surface area (Å²) >= 11 is 1.53. The lowest BCUT2D eigenvalue weighted by Crippen LogP contribution is -2.57. The lowest BCUT2D eigenvalue weighted by Gasteiger charge is -2.35. The number of Topliss-reactive ketones (excluding diaryl/α,β-unsaturated/α-hetero) is 1. The monoisotopic (exact) mass is 516 g/mol. The van der Waals surface area contributed by atoms with Crippen LogP contribution in [-0.2, 0) is 9.59 Å². The van der Waals surface area contributed by atoms with Crippen molar-refractivity contribution in [3.05, 3.63) is 35.6 Å². The number of benzene rings is 1. The van der Waals surface area contributed by atoms with Crippen LogP contribution >= 0.6 is 11.8 Å². The lowest BCUT2D eigenvalue weighted by molar-refractivity contribution is -0.139. The largest absolute Gasteiger partial charge is 0.343 e. The minimum Gasteiger partial charge on any atom is -0.343 e. The van der Waals surface area contributed by atoms with E-state index in [1.807, 2.05) is 30.8 Å². The van der Waals surface area contributed by atoms with Gasteiger partial charge in [-0.15, -0.1) is 11.8 Å². The molecule has 0 spiro atoms. The van der Waals surface area contributed by atoms with E-state index in [1.54, 1.807) is 0 Å². The summed E-state index contributed by atoms with van der Waals surface area (Å²) in [6.07, 6.45) is 6.87. The van der Waals surface area contributed by atoms with Crippen molar-refractivity contribution >= 4 is 34.4 Å². The highest BCUT2D eigenvalue weighted by Gasteiger charge is 2.42. The molecule has 2 amide bonds. The second kappa shape index (κ2) is 11.9. The Morgan fingerprint density at radius 2 is 1.78 bits per heavy atom. The first-order valence-electron chi connectivity index (χ1n) is 13.0. The Bertz CT molecular complexity index is 993. The van der Waals surface area contributed by atoms with Gasteiger partial charge in [0, 0.05) is 17.9 Å². The Balaban J connectivity index is 1.50. The first-order chi connectivity index (χ1) is 17.3. The van der Waals surface area contributed by atoms with Crippen LogP contribution in [0.2, 0.25) is 0 Å². The number of ketones is 1. The van der Waals surface area contributed by atoms with Crippen LogP contribution in [0.4, 0.5) is 4.39 Å². The molecule has 196 valence electrons. The SMILES string of the molecule is CC(C(=O)NC(C(=O)N1CCC[C@@H]1C1=NC(C(=O)c2ccc(F)cc2)CS1)C1CCCCC1)N(C)C. The number of hydrogen-bond donors (Lipinski definition) is 1. The highest BCUT2D eigenvalue weighted by atomic mass is 32.2. The number of carbonyl (C=O) groups excluding carboxylic acids is 3. The summed E-state index contributed by atoms with van der Waals surface area (Å²) in [6, 6.07) is 4.00. The van der Waals surface area contributed by atoms with Crippen LogP contribution in [0.3, 0.4) is 0 Å². The highest BCUT2D eigenvalue weighted by molar-refractivity contribution is 8.14. The molecule has 3 aliphatic rings. The summed E-state index contributed by atoms with van der Waals surface area (Å²) in [4.78, 5) is 48.3. The first kappa shape index (κ1) is 26.8. The third-order valence-corrected chi connectivity index (χ3v) is 8.92. The number of likely N-dealkylation sites (N-methyl/N-ethyl adjacent to an activating group) is 1. The van der Waals surface area contributed by atoms with E-state index in [9.17, 15) is 18.8 Å². The van der Waals surface area contributed by atoms with Gasteiger partial charge in [-0.25, -0.2) is 4.39 Å². The van der Waals surface area contributed by atoms with E-state index in [2.05, 4.69) is 5.32 Å². The van der Waals surface area contributed by atoms with E-state index in [4.69, 9.17) is 4.99 Å². The molecule has 4 rings (SSSR count). The first-order valence-corrected chi connectivity index (χ1v) is 14.0. The maximum Gasteiger partial charge on any atom is 0.246 e. The van der Waals surface area contributed by atoms with Gasteiger partial charge in [-0.2, -0.15) is 0 Å². The zero-order chi connectivity index (χ0) is 25.8. The number of amides is 2. The van der Waals surface area contributed by atoms with Gasteiger partial charge >= 0.3 is 0 Å². The number of aliphatic imine (C=N–C) groups is 1. The topological polar surface area (TPSA) is 82.1 Å². The Kier molecular flexibility index (Phi) is 8.83. The predicted octanol–water partition coefficient (Wildman–Crippen LogP) is 3.53. The van der Waals surface area contributed by atoms with Crippen molar-refractivity contribution in [2.24, 2.45) is 10.9 Å². The fourth-order valence-corrected chi connectivity index (χ4v) is 6.53. The second-order valence-corrected chi connectivity index (χ2v) is 11.4. The summed E-state index contributed by atoms with van der Waals surface area (Å²) in [5.41, 5.74) is 0.446. The molecule has 0 radical (unpaired) electrons. The fourth-order valence-electron chi connectivity index (χ4n) is 5.34. The van der Waals surface area contributed by atoms with E-state index in [0.29, 0.717) is 17.9 Å². The van der Waals surface area contributed by atoms with Gasteiger partial charge in [0.25, 0.3) is 0 Å². The molecule has 1 aromatic rings. The van der Waals surface area contributed by atoms with E-state index >= 15 is 0 Å².